The number of piperidine rings is 1. The molecule has 0 spiro atoms. The Hall–Kier alpha value is -1.40. The van der Waals surface area contributed by atoms with Gasteiger partial charge in [0.1, 0.15) is 11.9 Å². The molecule has 0 aromatic heterocycles. The second kappa shape index (κ2) is 6.84. The van der Waals surface area contributed by atoms with Crippen LogP contribution in [0.25, 0.3) is 0 Å². The van der Waals surface area contributed by atoms with Gasteiger partial charge in [-0.3, -0.25) is 14.5 Å². The molecule has 3 rings (SSSR count). The first-order valence-electron chi connectivity index (χ1n) is 8.00. The molecule has 1 aliphatic carbocycles. The van der Waals surface area contributed by atoms with E-state index >= 15 is 0 Å². The lowest BCUT2D eigenvalue weighted by Crippen LogP contribution is -2.62. The Morgan fingerprint density at radius 2 is 1.96 bits per heavy atom. The standard InChI is InChI=1S/C18H23NO4.BrH/c1-11(20)22-14-6-5-13-9-16-17(23-12(2)21)18(3,15(13)10-14)7-8-19(16)4;/h5-6,10,16-17H,7-9H2,1-4H3;1H/t16-,17+,18-;/m0./s1. The lowest BCUT2D eigenvalue weighted by molar-refractivity contribution is -0.159. The summed E-state index contributed by atoms with van der Waals surface area (Å²) in [5.41, 5.74) is 2.11. The predicted octanol–water partition coefficient (Wildman–Crippen LogP) is 2.64. The van der Waals surface area contributed by atoms with E-state index in [1.165, 1.54) is 19.4 Å². The fourth-order valence-electron chi connectivity index (χ4n) is 4.03. The molecule has 0 saturated carbocycles. The van der Waals surface area contributed by atoms with Gasteiger partial charge in [-0.05, 0) is 49.7 Å². The zero-order valence-electron chi connectivity index (χ0n) is 14.5. The maximum atomic E-state index is 11.6. The van der Waals surface area contributed by atoms with Crippen molar-refractivity contribution in [2.45, 2.75) is 51.2 Å². The number of benzene rings is 1. The van der Waals surface area contributed by atoms with Gasteiger partial charge >= 0.3 is 11.9 Å². The summed E-state index contributed by atoms with van der Waals surface area (Å²) in [5, 5.41) is 0. The molecule has 2 aliphatic rings. The minimum absolute atomic E-state index is 0. The largest absolute Gasteiger partial charge is 0.460 e. The van der Waals surface area contributed by atoms with Gasteiger partial charge in [0.2, 0.25) is 0 Å². The molecule has 1 aromatic carbocycles. The average Bonchev–Trinajstić information content (AvgIpc) is 2.46. The number of halogens is 1. The fourth-order valence-corrected chi connectivity index (χ4v) is 4.03. The zero-order chi connectivity index (χ0) is 16.8. The molecule has 0 amide bonds. The van der Waals surface area contributed by atoms with Crippen molar-refractivity contribution >= 4 is 28.9 Å². The van der Waals surface area contributed by atoms with Crippen molar-refractivity contribution < 1.29 is 19.1 Å². The number of rotatable bonds is 2. The number of likely N-dealkylation sites (N-methyl/N-ethyl adjacent to an activating group) is 1. The van der Waals surface area contributed by atoms with Gasteiger partial charge < -0.3 is 9.47 Å². The normalized spacial score (nSPS) is 28.3. The highest BCUT2D eigenvalue weighted by Crippen LogP contribution is 2.47. The minimum atomic E-state index is -0.330. The van der Waals surface area contributed by atoms with Crippen molar-refractivity contribution in [2.24, 2.45) is 0 Å². The van der Waals surface area contributed by atoms with Crippen molar-refractivity contribution in [3.05, 3.63) is 29.3 Å². The fraction of sp³-hybridized carbons (Fsp3) is 0.556. The lowest BCUT2D eigenvalue weighted by atomic mass is 9.63. The van der Waals surface area contributed by atoms with E-state index in [1.54, 1.807) is 0 Å². The van der Waals surface area contributed by atoms with E-state index in [0.717, 1.165) is 24.9 Å². The third-order valence-corrected chi connectivity index (χ3v) is 5.21. The molecule has 0 radical (unpaired) electrons. The van der Waals surface area contributed by atoms with Crippen LogP contribution in [-0.2, 0) is 26.2 Å². The summed E-state index contributed by atoms with van der Waals surface area (Å²) in [7, 11) is 2.08. The first kappa shape index (κ1) is 18.9. The highest BCUT2D eigenvalue weighted by Gasteiger charge is 2.52. The molecule has 3 atom stereocenters. The summed E-state index contributed by atoms with van der Waals surface area (Å²) in [4.78, 5) is 25.1. The number of likely N-dealkylation sites (tertiary alicyclic amines) is 1. The highest BCUT2D eigenvalue weighted by molar-refractivity contribution is 8.93. The van der Waals surface area contributed by atoms with Crippen LogP contribution >= 0.6 is 17.0 Å². The minimum Gasteiger partial charge on any atom is -0.460 e. The first-order chi connectivity index (χ1) is 10.8. The number of hydrogen-bond donors (Lipinski definition) is 0. The molecule has 1 saturated heterocycles. The first-order valence-corrected chi connectivity index (χ1v) is 8.00. The topological polar surface area (TPSA) is 55.8 Å². The summed E-state index contributed by atoms with van der Waals surface area (Å²) in [6.45, 7) is 5.96. The molecular formula is C18H24BrNO4. The maximum absolute atomic E-state index is 11.6. The molecule has 1 heterocycles. The quantitative estimate of drug-likeness (QED) is 0.567. The second-order valence-corrected chi connectivity index (χ2v) is 6.86. The SMILES string of the molecule is Br.CC(=O)Oc1ccc2c(c1)[C@]1(C)CCN(C)[C@@H](C2)[C@H]1OC(C)=O. The van der Waals surface area contributed by atoms with E-state index in [1.807, 2.05) is 18.2 Å². The number of carbonyl (C=O) groups excluding carboxylic acids is 2. The number of carbonyl (C=O) groups is 2. The van der Waals surface area contributed by atoms with Gasteiger partial charge in [0, 0.05) is 19.3 Å². The van der Waals surface area contributed by atoms with Crippen LogP contribution in [0.5, 0.6) is 5.75 Å². The molecule has 1 fully saturated rings. The predicted molar refractivity (Wildman–Crippen MR) is 95.7 cm³/mol. The molecule has 6 heteroatoms. The van der Waals surface area contributed by atoms with Crippen molar-refractivity contribution in [1.82, 2.24) is 4.90 Å². The van der Waals surface area contributed by atoms with Gasteiger partial charge in [0.15, 0.2) is 0 Å². The Morgan fingerprint density at radius 3 is 2.58 bits per heavy atom. The molecular weight excluding hydrogens is 374 g/mol. The number of hydrogen-bond acceptors (Lipinski definition) is 5. The zero-order valence-corrected chi connectivity index (χ0v) is 16.2. The number of esters is 2. The Labute approximate surface area is 153 Å². The molecule has 1 aromatic rings. The summed E-state index contributed by atoms with van der Waals surface area (Å²) in [6.07, 6.45) is 1.55. The second-order valence-electron chi connectivity index (χ2n) is 6.86. The van der Waals surface area contributed by atoms with Crippen LogP contribution in [0.15, 0.2) is 18.2 Å². The van der Waals surface area contributed by atoms with Gasteiger partial charge in [-0.1, -0.05) is 13.0 Å². The van der Waals surface area contributed by atoms with E-state index in [0.29, 0.717) is 5.75 Å². The van der Waals surface area contributed by atoms with Crippen LogP contribution in [-0.4, -0.2) is 42.6 Å². The van der Waals surface area contributed by atoms with Crippen molar-refractivity contribution in [2.75, 3.05) is 13.6 Å². The van der Waals surface area contributed by atoms with Crippen molar-refractivity contribution in [3.63, 3.8) is 0 Å². The van der Waals surface area contributed by atoms with E-state index in [9.17, 15) is 9.59 Å². The van der Waals surface area contributed by atoms with E-state index in [-0.39, 0.29) is 46.5 Å². The summed E-state index contributed by atoms with van der Waals surface area (Å²) in [5.74, 6) is -0.0266. The van der Waals surface area contributed by atoms with E-state index in [4.69, 9.17) is 9.47 Å². The van der Waals surface area contributed by atoms with Crippen LogP contribution in [0.2, 0.25) is 0 Å². The molecule has 2 bridgehead atoms. The van der Waals surface area contributed by atoms with Crippen LogP contribution in [0.3, 0.4) is 0 Å². The monoisotopic (exact) mass is 397 g/mol. The summed E-state index contributed by atoms with van der Waals surface area (Å²) < 4.78 is 11.0. The van der Waals surface area contributed by atoms with Gasteiger partial charge in [-0.15, -0.1) is 17.0 Å². The Bertz CT molecular complexity index is 662. The van der Waals surface area contributed by atoms with E-state index in [2.05, 4.69) is 18.9 Å². The molecule has 0 unspecified atom stereocenters. The third kappa shape index (κ3) is 3.22. The van der Waals surface area contributed by atoms with Gasteiger partial charge in [-0.2, -0.15) is 0 Å². The molecule has 1 aliphatic heterocycles. The van der Waals surface area contributed by atoms with Crippen LogP contribution in [0.4, 0.5) is 0 Å². The number of nitrogens with zero attached hydrogens (tertiary/aromatic N) is 1. The smallest absolute Gasteiger partial charge is 0.308 e. The van der Waals surface area contributed by atoms with Crippen LogP contribution < -0.4 is 4.74 Å². The van der Waals surface area contributed by atoms with Crippen LogP contribution in [0.1, 0.15) is 38.3 Å². The summed E-state index contributed by atoms with van der Waals surface area (Å²) in [6, 6.07) is 5.99. The van der Waals surface area contributed by atoms with Crippen LogP contribution in [0, 0.1) is 0 Å². The maximum Gasteiger partial charge on any atom is 0.308 e. The number of ether oxygens (including phenoxy) is 2. The molecule has 24 heavy (non-hydrogen) atoms. The average molecular weight is 398 g/mol. The van der Waals surface area contributed by atoms with E-state index < -0.39 is 0 Å². The molecule has 0 N–H and O–H groups in total. The van der Waals surface area contributed by atoms with Crippen molar-refractivity contribution in [1.29, 1.82) is 0 Å². The third-order valence-electron chi connectivity index (χ3n) is 5.21. The Morgan fingerprint density at radius 1 is 1.25 bits per heavy atom. The van der Waals surface area contributed by atoms with Gasteiger partial charge in [-0.25, -0.2) is 0 Å². The Kier molecular flexibility index (Phi) is 5.40. The number of fused-ring (bicyclic) bond motifs is 4. The van der Waals surface area contributed by atoms with Gasteiger partial charge in [0.25, 0.3) is 0 Å². The lowest BCUT2D eigenvalue weighted by Gasteiger charge is -2.53. The van der Waals surface area contributed by atoms with Gasteiger partial charge in [0.05, 0.1) is 6.04 Å². The molecule has 132 valence electrons. The Balaban J connectivity index is 0.00000208. The highest BCUT2D eigenvalue weighted by atomic mass is 79.9. The van der Waals surface area contributed by atoms with Crippen molar-refractivity contribution in [3.8, 4) is 5.75 Å². The molecule has 5 nitrogen and oxygen atoms in total. The summed E-state index contributed by atoms with van der Waals surface area (Å²) >= 11 is 0.